The van der Waals surface area contributed by atoms with E-state index in [4.69, 9.17) is 0 Å². The van der Waals surface area contributed by atoms with E-state index in [0.717, 1.165) is 12.5 Å². The monoisotopic (exact) mass is 233 g/mol. The Hall–Kier alpha value is -0.890. The van der Waals surface area contributed by atoms with Crippen LogP contribution in [0, 0.1) is 11.7 Å². The summed E-state index contributed by atoms with van der Waals surface area (Å²) in [5, 5.41) is 3.77. The van der Waals surface area contributed by atoms with Gasteiger partial charge in [0.05, 0.1) is 0 Å². The minimum atomic E-state index is -0.131. The predicted octanol–water partition coefficient (Wildman–Crippen LogP) is 3.59. The maximum absolute atomic E-state index is 13.1. The summed E-state index contributed by atoms with van der Waals surface area (Å²) in [6, 6.07) is 7.16. The molecule has 0 bridgehead atoms. The first-order valence-corrected chi connectivity index (χ1v) is 6.82. The van der Waals surface area contributed by atoms with Crippen LogP contribution in [-0.2, 0) is 5.54 Å². The highest BCUT2D eigenvalue weighted by Crippen LogP contribution is 2.49. The van der Waals surface area contributed by atoms with E-state index >= 15 is 0 Å². The van der Waals surface area contributed by atoms with E-state index in [1.165, 1.54) is 44.1 Å². The van der Waals surface area contributed by atoms with E-state index in [1.807, 2.05) is 12.1 Å². The molecule has 1 saturated carbocycles. The predicted molar refractivity (Wildman–Crippen MR) is 67.3 cm³/mol. The van der Waals surface area contributed by atoms with Crippen molar-refractivity contribution in [3.8, 4) is 0 Å². The average molecular weight is 233 g/mol. The summed E-state index contributed by atoms with van der Waals surface area (Å²) < 4.78 is 13.1. The van der Waals surface area contributed by atoms with Crippen LogP contribution in [0.25, 0.3) is 0 Å². The van der Waals surface area contributed by atoms with Gasteiger partial charge in [-0.1, -0.05) is 25.0 Å². The van der Waals surface area contributed by atoms with Crippen molar-refractivity contribution in [2.75, 3.05) is 6.54 Å². The third-order valence-corrected chi connectivity index (χ3v) is 4.32. The molecule has 1 atom stereocenters. The molecule has 0 radical (unpaired) electrons. The van der Waals surface area contributed by atoms with Crippen LogP contribution in [0.3, 0.4) is 0 Å². The molecule has 1 aromatic carbocycles. The number of halogens is 1. The quantitative estimate of drug-likeness (QED) is 0.823. The van der Waals surface area contributed by atoms with Gasteiger partial charge in [0.25, 0.3) is 0 Å². The highest BCUT2D eigenvalue weighted by molar-refractivity contribution is 5.28. The van der Waals surface area contributed by atoms with E-state index in [2.05, 4.69) is 5.32 Å². The van der Waals surface area contributed by atoms with Crippen LogP contribution >= 0.6 is 0 Å². The zero-order valence-electron chi connectivity index (χ0n) is 10.2. The van der Waals surface area contributed by atoms with Gasteiger partial charge in [-0.3, -0.25) is 0 Å². The van der Waals surface area contributed by atoms with Crippen molar-refractivity contribution in [3.05, 3.63) is 35.6 Å². The van der Waals surface area contributed by atoms with Crippen LogP contribution in [0.1, 0.15) is 44.1 Å². The molecule has 17 heavy (non-hydrogen) atoms. The lowest BCUT2D eigenvalue weighted by Gasteiger charge is -2.35. The van der Waals surface area contributed by atoms with Gasteiger partial charge in [-0.05, 0) is 55.8 Å². The van der Waals surface area contributed by atoms with Crippen molar-refractivity contribution in [1.82, 2.24) is 5.32 Å². The summed E-state index contributed by atoms with van der Waals surface area (Å²) in [6.07, 6.45) is 7.75. The van der Waals surface area contributed by atoms with E-state index in [1.54, 1.807) is 12.1 Å². The van der Waals surface area contributed by atoms with Gasteiger partial charge in [-0.25, -0.2) is 4.39 Å². The standard InChI is InChI=1S/C15H20FN/c16-14-8-6-13(7-9-14)15(12-4-5-12)10-2-1-3-11-17-15/h6-9,12,17H,1-5,10-11H2. The molecule has 1 unspecified atom stereocenters. The molecule has 1 aromatic rings. The van der Waals surface area contributed by atoms with Gasteiger partial charge in [0.1, 0.15) is 5.82 Å². The molecule has 3 rings (SSSR count). The van der Waals surface area contributed by atoms with Crippen LogP contribution < -0.4 is 5.32 Å². The van der Waals surface area contributed by atoms with Crippen molar-refractivity contribution in [2.24, 2.45) is 5.92 Å². The molecule has 2 fully saturated rings. The molecule has 2 heteroatoms. The smallest absolute Gasteiger partial charge is 0.123 e. The van der Waals surface area contributed by atoms with Crippen LogP contribution in [-0.4, -0.2) is 6.54 Å². The maximum Gasteiger partial charge on any atom is 0.123 e. The Kier molecular flexibility index (Phi) is 2.91. The molecule has 0 amide bonds. The molecule has 2 aliphatic rings. The SMILES string of the molecule is Fc1ccc(C2(C3CC3)CCCCCN2)cc1. The number of benzene rings is 1. The zero-order chi connectivity index (χ0) is 11.7. The molecule has 1 N–H and O–H groups in total. The van der Waals surface area contributed by atoms with Gasteiger partial charge in [0.15, 0.2) is 0 Å². The van der Waals surface area contributed by atoms with Gasteiger partial charge in [0, 0.05) is 5.54 Å². The Labute approximate surface area is 102 Å². The molecule has 1 heterocycles. The first kappa shape index (κ1) is 11.2. The van der Waals surface area contributed by atoms with Crippen molar-refractivity contribution < 1.29 is 4.39 Å². The van der Waals surface area contributed by atoms with Crippen molar-refractivity contribution >= 4 is 0 Å². The van der Waals surface area contributed by atoms with Crippen LogP contribution in [0.2, 0.25) is 0 Å². The zero-order valence-corrected chi connectivity index (χ0v) is 10.2. The summed E-state index contributed by atoms with van der Waals surface area (Å²) in [7, 11) is 0. The molecular formula is C15H20FN. The lowest BCUT2D eigenvalue weighted by atomic mass is 9.81. The molecule has 1 aliphatic carbocycles. The second kappa shape index (κ2) is 4.41. The van der Waals surface area contributed by atoms with Gasteiger partial charge in [0.2, 0.25) is 0 Å². The molecule has 1 saturated heterocycles. The highest BCUT2D eigenvalue weighted by Gasteiger charge is 2.45. The minimum absolute atomic E-state index is 0.131. The maximum atomic E-state index is 13.1. The van der Waals surface area contributed by atoms with Gasteiger partial charge in [-0.15, -0.1) is 0 Å². The Morgan fingerprint density at radius 2 is 1.82 bits per heavy atom. The average Bonchev–Trinajstić information content (AvgIpc) is 3.17. The van der Waals surface area contributed by atoms with Gasteiger partial charge < -0.3 is 5.32 Å². The fourth-order valence-electron chi connectivity index (χ4n) is 3.26. The lowest BCUT2D eigenvalue weighted by molar-refractivity contribution is 0.279. The lowest BCUT2D eigenvalue weighted by Crippen LogP contribution is -2.43. The first-order valence-electron chi connectivity index (χ1n) is 6.82. The molecule has 92 valence electrons. The molecule has 1 nitrogen and oxygen atoms in total. The van der Waals surface area contributed by atoms with Crippen molar-refractivity contribution in [2.45, 2.75) is 44.1 Å². The largest absolute Gasteiger partial charge is 0.307 e. The number of rotatable bonds is 2. The van der Waals surface area contributed by atoms with E-state index in [0.29, 0.717) is 0 Å². The summed E-state index contributed by atoms with van der Waals surface area (Å²) in [4.78, 5) is 0. The van der Waals surface area contributed by atoms with E-state index < -0.39 is 0 Å². The third kappa shape index (κ3) is 2.11. The summed E-state index contributed by atoms with van der Waals surface area (Å²) in [5.74, 6) is 0.638. The Morgan fingerprint density at radius 3 is 2.53 bits per heavy atom. The van der Waals surface area contributed by atoms with E-state index in [-0.39, 0.29) is 11.4 Å². The fraction of sp³-hybridized carbons (Fsp3) is 0.600. The van der Waals surface area contributed by atoms with Gasteiger partial charge in [-0.2, -0.15) is 0 Å². The number of hydrogen-bond donors (Lipinski definition) is 1. The second-order valence-electron chi connectivity index (χ2n) is 5.49. The summed E-state index contributed by atoms with van der Waals surface area (Å²) >= 11 is 0. The molecule has 0 spiro atoms. The summed E-state index contributed by atoms with van der Waals surface area (Å²) in [5.41, 5.74) is 1.44. The van der Waals surface area contributed by atoms with Gasteiger partial charge >= 0.3 is 0 Å². The minimum Gasteiger partial charge on any atom is -0.307 e. The first-order chi connectivity index (χ1) is 8.31. The highest BCUT2D eigenvalue weighted by atomic mass is 19.1. The Morgan fingerprint density at radius 1 is 1.06 bits per heavy atom. The van der Waals surface area contributed by atoms with Crippen LogP contribution in [0.4, 0.5) is 4.39 Å². The van der Waals surface area contributed by atoms with Crippen molar-refractivity contribution in [3.63, 3.8) is 0 Å². The second-order valence-corrected chi connectivity index (χ2v) is 5.49. The molecular weight excluding hydrogens is 213 g/mol. The number of nitrogens with one attached hydrogen (secondary N) is 1. The van der Waals surface area contributed by atoms with Crippen LogP contribution in [0.5, 0.6) is 0 Å². The van der Waals surface area contributed by atoms with Crippen LogP contribution in [0.15, 0.2) is 24.3 Å². The van der Waals surface area contributed by atoms with Crippen molar-refractivity contribution in [1.29, 1.82) is 0 Å². The molecule has 1 aliphatic heterocycles. The molecule has 0 aromatic heterocycles. The third-order valence-electron chi connectivity index (χ3n) is 4.32. The Bertz CT molecular complexity index is 372. The number of hydrogen-bond acceptors (Lipinski definition) is 1. The normalized spacial score (nSPS) is 29.9. The van der Waals surface area contributed by atoms with E-state index in [9.17, 15) is 4.39 Å². The topological polar surface area (TPSA) is 12.0 Å². The fourth-order valence-corrected chi connectivity index (χ4v) is 3.26. The Balaban J connectivity index is 1.94. The summed E-state index contributed by atoms with van der Waals surface area (Å²) in [6.45, 7) is 1.11.